The number of nitrogens with one attached hydrogen (secondary N) is 2. The number of carboxylic acids is 1. The van der Waals surface area contributed by atoms with E-state index >= 15 is 0 Å². The minimum Gasteiger partial charge on any atom is -0.475 e. The van der Waals surface area contributed by atoms with Gasteiger partial charge in [0, 0.05) is 18.5 Å². The lowest BCUT2D eigenvalue weighted by atomic mass is 9.43. The zero-order chi connectivity index (χ0) is 30.8. The van der Waals surface area contributed by atoms with E-state index in [-0.39, 0.29) is 47.6 Å². The number of halogens is 3. The second-order valence-corrected chi connectivity index (χ2v) is 12.8. The van der Waals surface area contributed by atoms with E-state index in [9.17, 15) is 32.3 Å². The van der Waals surface area contributed by atoms with Crippen LogP contribution in [0.1, 0.15) is 78.1 Å². The Morgan fingerprint density at radius 2 is 1.66 bits per heavy atom. The fourth-order valence-electron chi connectivity index (χ4n) is 8.33. The number of carboxylic acid groups (broad SMARTS) is 1. The van der Waals surface area contributed by atoms with Crippen molar-refractivity contribution in [2.24, 2.45) is 22.5 Å². The number of nitrogens with two attached hydrogens (primary N) is 1. The fraction of sp³-hybridized carbons (Fsp3) is 0.815. The van der Waals surface area contributed by atoms with Crippen molar-refractivity contribution in [1.82, 2.24) is 15.5 Å². The molecule has 41 heavy (non-hydrogen) atoms. The Morgan fingerprint density at radius 3 is 2.15 bits per heavy atom. The van der Waals surface area contributed by atoms with Gasteiger partial charge >= 0.3 is 18.1 Å². The number of nitrogens with zero attached hydrogens (tertiary/aromatic N) is 1. The van der Waals surface area contributed by atoms with Gasteiger partial charge in [0.05, 0.1) is 13.7 Å². The van der Waals surface area contributed by atoms with Gasteiger partial charge in [0.15, 0.2) is 0 Å². The predicted molar refractivity (Wildman–Crippen MR) is 139 cm³/mol. The van der Waals surface area contributed by atoms with Crippen LogP contribution in [0.15, 0.2) is 0 Å². The Labute approximate surface area is 237 Å². The minimum atomic E-state index is -5.08. The summed E-state index contributed by atoms with van der Waals surface area (Å²) in [5.74, 6) is -3.46. The molecule has 232 valence electrons. The molecule has 5 aliphatic rings. The first-order valence-electron chi connectivity index (χ1n) is 13.9. The molecule has 0 aromatic heterocycles. The average molecular weight is 591 g/mol. The van der Waals surface area contributed by atoms with Crippen molar-refractivity contribution in [2.45, 2.75) is 102 Å². The zero-order valence-corrected chi connectivity index (χ0v) is 23.8. The number of carbonyl (C=O) groups excluding carboxylic acids is 4. The van der Waals surface area contributed by atoms with Crippen molar-refractivity contribution in [3.8, 4) is 0 Å². The Kier molecular flexibility index (Phi) is 9.66. The average Bonchev–Trinajstić information content (AvgIpc) is 3.33. The fourth-order valence-corrected chi connectivity index (χ4v) is 8.33. The number of amides is 3. The van der Waals surface area contributed by atoms with Gasteiger partial charge in [0.2, 0.25) is 17.7 Å². The van der Waals surface area contributed by atoms with E-state index in [1.165, 1.54) is 31.3 Å². The molecule has 0 aromatic carbocycles. The standard InChI is InChI=1S/C25H40N4O5.C2HF3O2/c1-23-9-16-10-24(2,13-23)15-25(11-16,14-23)28-19(30)7-6-17(22(33)34-3)27-21(32)18-5-4-8-29(18)20(31)12-26;3-2(4,5)1(6)7/h16-18H,4-15,26H2,1-3H3,(H,27,32)(H,28,30);(H,6,7)/t16?,17-,18-,23?,24?,25?;/m0./s1. The Hall–Kier alpha value is -2.90. The third-order valence-corrected chi connectivity index (χ3v) is 8.79. The lowest BCUT2D eigenvalue weighted by molar-refractivity contribution is -0.192. The molecule has 1 saturated heterocycles. The van der Waals surface area contributed by atoms with Crippen LogP contribution < -0.4 is 16.4 Å². The Balaban J connectivity index is 0.000000587. The van der Waals surface area contributed by atoms with Crippen LogP contribution >= 0.6 is 0 Å². The van der Waals surface area contributed by atoms with Crippen LogP contribution in [-0.2, 0) is 28.7 Å². The van der Waals surface area contributed by atoms with Gasteiger partial charge in [-0.1, -0.05) is 13.8 Å². The Morgan fingerprint density at radius 1 is 1.07 bits per heavy atom. The summed E-state index contributed by atoms with van der Waals surface area (Å²) in [6, 6.07) is -1.59. The summed E-state index contributed by atoms with van der Waals surface area (Å²) in [5.41, 5.74) is 5.89. The van der Waals surface area contributed by atoms with Crippen LogP contribution in [0.25, 0.3) is 0 Å². The van der Waals surface area contributed by atoms with Gasteiger partial charge in [-0.2, -0.15) is 13.2 Å². The molecule has 4 saturated carbocycles. The molecule has 5 N–H and O–H groups in total. The molecule has 0 radical (unpaired) electrons. The van der Waals surface area contributed by atoms with Crippen LogP contribution in [0.3, 0.4) is 0 Å². The van der Waals surface area contributed by atoms with Gasteiger partial charge in [-0.25, -0.2) is 9.59 Å². The molecule has 5 fully saturated rings. The highest BCUT2D eigenvalue weighted by atomic mass is 19.4. The number of ether oxygens (including phenoxy) is 1. The van der Waals surface area contributed by atoms with Crippen molar-refractivity contribution in [3.63, 3.8) is 0 Å². The molecular weight excluding hydrogens is 549 g/mol. The predicted octanol–water partition coefficient (Wildman–Crippen LogP) is 1.87. The first kappa shape index (κ1) is 32.6. The van der Waals surface area contributed by atoms with Crippen LogP contribution in [0.2, 0.25) is 0 Å². The smallest absolute Gasteiger partial charge is 0.475 e. The molecule has 11 nitrogen and oxygen atoms in total. The highest BCUT2D eigenvalue weighted by molar-refractivity contribution is 5.91. The van der Waals surface area contributed by atoms with Crippen LogP contribution in [0.4, 0.5) is 13.2 Å². The van der Waals surface area contributed by atoms with Crippen LogP contribution in [0.5, 0.6) is 0 Å². The van der Waals surface area contributed by atoms with E-state index in [0.29, 0.717) is 25.3 Å². The third kappa shape index (κ3) is 7.89. The number of esters is 1. The van der Waals surface area contributed by atoms with Crippen molar-refractivity contribution in [2.75, 3.05) is 20.2 Å². The number of aliphatic carboxylic acids is 1. The molecular formula is C27H41F3N4O7. The summed E-state index contributed by atoms with van der Waals surface area (Å²) in [6.45, 7) is 5.04. The number of hydrogen-bond acceptors (Lipinski definition) is 7. The number of alkyl halides is 3. The van der Waals surface area contributed by atoms with Crippen LogP contribution in [-0.4, -0.2) is 83.7 Å². The number of hydrogen-bond donors (Lipinski definition) is 4. The maximum Gasteiger partial charge on any atom is 0.490 e. The van der Waals surface area contributed by atoms with E-state index in [1.54, 1.807) is 0 Å². The summed E-state index contributed by atoms with van der Waals surface area (Å²) < 4.78 is 36.6. The molecule has 1 heterocycles. The van der Waals surface area contributed by atoms with E-state index in [1.807, 2.05) is 0 Å². The van der Waals surface area contributed by atoms with Gasteiger partial charge in [-0.15, -0.1) is 0 Å². The maximum atomic E-state index is 13.0. The molecule has 4 bridgehead atoms. The molecule has 0 aromatic rings. The largest absolute Gasteiger partial charge is 0.490 e. The van der Waals surface area contributed by atoms with Gasteiger partial charge in [0.1, 0.15) is 12.1 Å². The molecule has 1 aliphatic heterocycles. The SMILES string of the molecule is COC(=O)[C@H](CCC(=O)NC12CC3CC(C)(CC(C)(C3)C1)C2)NC(=O)[C@@H]1CCCN1C(=O)CN.O=C(O)C(F)(F)F. The third-order valence-electron chi connectivity index (χ3n) is 8.79. The monoisotopic (exact) mass is 590 g/mol. The normalized spacial score (nSPS) is 32.4. The van der Waals surface area contributed by atoms with E-state index in [4.69, 9.17) is 20.4 Å². The van der Waals surface area contributed by atoms with Crippen molar-refractivity contribution in [1.29, 1.82) is 0 Å². The molecule has 4 atom stereocenters. The first-order valence-corrected chi connectivity index (χ1v) is 13.9. The summed E-state index contributed by atoms with van der Waals surface area (Å²) in [5, 5.41) is 13.2. The lowest BCUT2D eigenvalue weighted by Crippen LogP contribution is -2.65. The summed E-state index contributed by atoms with van der Waals surface area (Å²) in [7, 11) is 1.26. The van der Waals surface area contributed by atoms with Crippen LogP contribution in [0, 0.1) is 16.7 Å². The van der Waals surface area contributed by atoms with E-state index in [0.717, 1.165) is 19.3 Å². The second-order valence-electron chi connectivity index (χ2n) is 12.8. The molecule has 5 rings (SSSR count). The number of likely N-dealkylation sites (tertiary alicyclic amines) is 1. The summed E-state index contributed by atoms with van der Waals surface area (Å²) >= 11 is 0. The van der Waals surface area contributed by atoms with Gasteiger partial charge in [0.25, 0.3) is 0 Å². The zero-order valence-electron chi connectivity index (χ0n) is 23.8. The highest BCUT2D eigenvalue weighted by Gasteiger charge is 2.60. The molecule has 2 unspecified atom stereocenters. The minimum absolute atomic E-state index is 0.0851. The van der Waals surface area contributed by atoms with Gasteiger partial charge < -0.3 is 31.1 Å². The quantitative estimate of drug-likeness (QED) is 0.311. The van der Waals surface area contributed by atoms with Gasteiger partial charge in [-0.05, 0) is 74.5 Å². The number of methoxy groups -OCH3 is 1. The van der Waals surface area contributed by atoms with Gasteiger partial charge in [-0.3, -0.25) is 14.4 Å². The molecule has 14 heteroatoms. The van der Waals surface area contributed by atoms with E-state index < -0.39 is 36.1 Å². The van der Waals surface area contributed by atoms with Crippen molar-refractivity contribution >= 4 is 29.7 Å². The van der Waals surface area contributed by atoms with Crippen molar-refractivity contribution in [3.05, 3.63) is 0 Å². The maximum absolute atomic E-state index is 13.0. The number of carbonyl (C=O) groups is 5. The number of rotatable bonds is 8. The van der Waals surface area contributed by atoms with Crippen molar-refractivity contribution < 1.29 is 47.0 Å². The molecule has 3 amide bonds. The highest BCUT2D eigenvalue weighted by Crippen LogP contribution is 2.66. The first-order chi connectivity index (χ1) is 18.9. The Bertz CT molecular complexity index is 1030. The van der Waals surface area contributed by atoms with E-state index in [2.05, 4.69) is 24.5 Å². The topological polar surface area (TPSA) is 168 Å². The second kappa shape index (κ2) is 12.1. The molecule has 4 aliphatic carbocycles. The summed E-state index contributed by atoms with van der Waals surface area (Å²) in [6.07, 6.45) is 3.21. The molecule has 0 spiro atoms. The summed E-state index contributed by atoms with van der Waals surface area (Å²) in [4.78, 5) is 60.7. The lowest BCUT2D eigenvalue weighted by Gasteiger charge is -2.65.